The zero-order valence-electron chi connectivity index (χ0n) is 20.9. The molecule has 0 radical (unpaired) electrons. The van der Waals surface area contributed by atoms with Gasteiger partial charge in [-0.15, -0.1) is 0 Å². The quantitative estimate of drug-likeness (QED) is 0.206. The van der Waals surface area contributed by atoms with Crippen molar-refractivity contribution in [1.82, 2.24) is 10.3 Å². The van der Waals surface area contributed by atoms with Gasteiger partial charge in [-0.1, -0.05) is 11.6 Å². The van der Waals surface area contributed by atoms with Crippen molar-refractivity contribution in [3.63, 3.8) is 0 Å². The number of carbonyl (C=O) groups is 3. The number of rotatable bonds is 8. The molecule has 0 unspecified atom stereocenters. The first-order valence-corrected chi connectivity index (χ1v) is 12.1. The highest BCUT2D eigenvalue weighted by atomic mass is 35.5. The number of anilines is 3. The lowest BCUT2D eigenvalue weighted by Crippen LogP contribution is -2.19. The third kappa shape index (κ3) is 7.70. The van der Waals surface area contributed by atoms with Gasteiger partial charge < -0.3 is 30.7 Å². The Balaban J connectivity index is 1.38. The maximum absolute atomic E-state index is 12.7. The summed E-state index contributed by atoms with van der Waals surface area (Å²) in [5.41, 5.74) is 1.78. The van der Waals surface area contributed by atoms with Crippen LogP contribution in [-0.2, 0) is 4.79 Å². The van der Waals surface area contributed by atoms with Crippen LogP contribution in [0.1, 0.15) is 17.4 Å². The second-order valence-electron chi connectivity index (χ2n) is 8.11. The molecule has 0 bridgehead atoms. The molecule has 0 aliphatic heterocycles. The number of halogens is 1. The Kier molecular flexibility index (Phi) is 8.60. The van der Waals surface area contributed by atoms with Crippen molar-refractivity contribution < 1.29 is 23.9 Å². The van der Waals surface area contributed by atoms with Crippen molar-refractivity contribution in [3.8, 4) is 23.0 Å². The van der Waals surface area contributed by atoms with Crippen LogP contribution in [0.3, 0.4) is 0 Å². The number of nitrogens with one attached hydrogen (secondary N) is 4. The summed E-state index contributed by atoms with van der Waals surface area (Å²) in [4.78, 5) is 39.7. The van der Waals surface area contributed by atoms with E-state index < -0.39 is 6.03 Å². The van der Waals surface area contributed by atoms with Crippen LogP contribution in [0.4, 0.5) is 21.9 Å². The number of urea groups is 1. The monoisotopic (exact) mass is 545 g/mol. The molecule has 0 aliphatic carbocycles. The molecule has 0 spiro atoms. The Hall–Kier alpha value is -5.09. The van der Waals surface area contributed by atoms with Crippen molar-refractivity contribution >= 4 is 46.5 Å². The topological polar surface area (TPSA) is 131 Å². The highest BCUT2D eigenvalue weighted by molar-refractivity contribution is 6.30. The summed E-state index contributed by atoms with van der Waals surface area (Å²) in [7, 11) is 1.52. The van der Waals surface area contributed by atoms with E-state index in [1.807, 2.05) is 0 Å². The number of benzene rings is 3. The van der Waals surface area contributed by atoms with E-state index in [0.29, 0.717) is 45.1 Å². The predicted molar refractivity (Wildman–Crippen MR) is 149 cm³/mol. The first kappa shape index (κ1) is 27.0. The summed E-state index contributed by atoms with van der Waals surface area (Å²) in [6.07, 6.45) is 1.48. The van der Waals surface area contributed by atoms with E-state index in [1.165, 1.54) is 26.2 Å². The van der Waals surface area contributed by atoms with Crippen LogP contribution < -0.4 is 30.7 Å². The van der Waals surface area contributed by atoms with Crippen molar-refractivity contribution in [2.24, 2.45) is 0 Å². The molecule has 1 aromatic heterocycles. The summed E-state index contributed by atoms with van der Waals surface area (Å²) in [5.74, 6) is 1.28. The highest BCUT2D eigenvalue weighted by Gasteiger charge is 2.11. The van der Waals surface area contributed by atoms with Crippen LogP contribution in [-0.4, -0.2) is 29.9 Å². The first-order valence-electron chi connectivity index (χ1n) is 11.7. The van der Waals surface area contributed by atoms with Crippen LogP contribution in [0.25, 0.3) is 0 Å². The molecular weight excluding hydrogens is 522 g/mol. The van der Waals surface area contributed by atoms with Gasteiger partial charge in [0.2, 0.25) is 5.91 Å². The molecule has 4 amide bonds. The van der Waals surface area contributed by atoms with Gasteiger partial charge in [0.15, 0.2) is 5.75 Å². The number of hydrogen-bond acceptors (Lipinski definition) is 6. The molecule has 11 heteroatoms. The van der Waals surface area contributed by atoms with Crippen LogP contribution in [0.2, 0.25) is 5.02 Å². The second kappa shape index (κ2) is 12.4. The number of aromatic nitrogens is 1. The maximum atomic E-state index is 12.7. The molecular formula is C28H24ClN5O5. The lowest BCUT2D eigenvalue weighted by atomic mass is 10.2. The Bertz CT molecular complexity index is 1490. The molecule has 39 heavy (non-hydrogen) atoms. The number of ether oxygens (including phenoxy) is 2. The Morgan fingerprint density at radius 2 is 1.38 bits per heavy atom. The third-order valence-electron chi connectivity index (χ3n) is 5.13. The molecule has 4 rings (SSSR count). The lowest BCUT2D eigenvalue weighted by Gasteiger charge is -2.14. The van der Waals surface area contributed by atoms with Crippen LogP contribution in [0, 0.1) is 0 Å². The largest absolute Gasteiger partial charge is 0.457 e. The van der Waals surface area contributed by atoms with E-state index in [2.05, 4.69) is 26.3 Å². The van der Waals surface area contributed by atoms with E-state index in [-0.39, 0.29) is 17.5 Å². The number of nitrogens with zero attached hydrogens (tertiary/aromatic N) is 1. The van der Waals surface area contributed by atoms with E-state index in [1.54, 1.807) is 72.8 Å². The number of carbonyl (C=O) groups excluding carboxylic acids is 3. The maximum Gasteiger partial charge on any atom is 0.323 e. The fourth-order valence-electron chi connectivity index (χ4n) is 3.37. The molecule has 4 N–H and O–H groups in total. The molecule has 1 heterocycles. The Morgan fingerprint density at radius 1 is 0.744 bits per heavy atom. The predicted octanol–water partition coefficient (Wildman–Crippen LogP) is 6.28. The molecule has 0 saturated heterocycles. The smallest absolute Gasteiger partial charge is 0.323 e. The number of hydrogen-bond donors (Lipinski definition) is 4. The van der Waals surface area contributed by atoms with Gasteiger partial charge in [0.1, 0.15) is 22.9 Å². The first-order chi connectivity index (χ1) is 18.8. The SMILES string of the molecule is CNC(=O)c1cc(Oc2ccc(NC(=O)Nc3ccc(Cl)cc3Oc3ccc(NC(C)=O)cc3)cc2)ccn1. The van der Waals surface area contributed by atoms with Crippen molar-refractivity contribution in [1.29, 1.82) is 0 Å². The van der Waals surface area contributed by atoms with Gasteiger partial charge in [0.25, 0.3) is 5.91 Å². The molecule has 0 aliphatic rings. The molecule has 0 saturated carbocycles. The van der Waals surface area contributed by atoms with Gasteiger partial charge in [-0.25, -0.2) is 4.79 Å². The minimum atomic E-state index is -0.499. The number of amides is 4. The van der Waals surface area contributed by atoms with E-state index in [4.69, 9.17) is 21.1 Å². The summed E-state index contributed by atoms with van der Waals surface area (Å²) in [6, 6.07) is 21.0. The van der Waals surface area contributed by atoms with Gasteiger partial charge in [-0.3, -0.25) is 14.6 Å². The van der Waals surface area contributed by atoms with Gasteiger partial charge in [0.05, 0.1) is 5.69 Å². The minimum absolute atomic E-state index is 0.177. The zero-order chi connectivity index (χ0) is 27.8. The fourth-order valence-corrected chi connectivity index (χ4v) is 3.54. The molecule has 0 atom stereocenters. The highest BCUT2D eigenvalue weighted by Crippen LogP contribution is 2.33. The molecule has 3 aromatic carbocycles. The van der Waals surface area contributed by atoms with E-state index in [9.17, 15) is 14.4 Å². The summed E-state index contributed by atoms with van der Waals surface area (Å²) < 4.78 is 11.7. The van der Waals surface area contributed by atoms with Crippen molar-refractivity contribution in [2.45, 2.75) is 6.92 Å². The molecule has 198 valence electrons. The fraction of sp³-hybridized carbons (Fsp3) is 0.0714. The number of pyridine rings is 1. The van der Waals surface area contributed by atoms with Gasteiger partial charge in [0, 0.05) is 48.7 Å². The average Bonchev–Trinajstić information content (AvgIpc) is 2.92. The second-order valence-corrected chi connectivity index (χ2v) is 8.55. The third-order valence-corrected chi connectivity index (χ3v) is 5.37. The lowest BCUT2D eigenvalue weighted by molar-refractivity contribution is -0.114. The van der Waals surface area contributed by atoms with Gasteiger partial charge in [-0.2, -0.15) is 0 Å². The summed E-state index contributed by atoms with van der Waals surface area (Å²) >= 11 is 6.15. The standard InChI is InChI=1S/C28H24ClN5O5/c1-17(35)32-19-4-10-22(11-5-19)39-26-15-18(29)3-12-24(26)34-28(37)33-20-6-8-21(9-7-20)38-23-13-14-31-25(16-23)27(36)30-2/h3-16H,1-2H3,(H,30,36)(H,32,35)(H2,33,34,37). The average molecular weight is 546 g/mol. The van der Waals surface area contributed by atoms with E-state index >= 15 is 0 Å². The van der Waals surface area contributed by atoms with Gasteiger partial charge >= 0.3 is 6.03 Å². The zero-order valence-corrected chi connectivity index (χ0v) is 21.7. The summed E-state index contributed by atoms with van der Waals surface area (Å²) in [5, 5.41) is 11.1. The molecule has 0 fully saturated rings. The van der Waals surface area contributed by atoms with E-state index in [0.717, 1.165) is 0 Å². The Labute approximate surface area is 229 Å². The Morgan fingerprint density at radius 3 is 2.03 bits per heavy atom. The summed E-state index contributed by atoms with van der Waals surface area (Å²) in [6.45, 7) is 1.43. The van der Waals surface area contributed by atoms with Crippen LogP contribution in [0.5, 0.6) is 23.0 Å². The van der Waals surface area contributed by atoms with Crippen molar-refractivity contribution in [3.05, 3.63) is 95.8 Å². The molecule has 4 aromatic rings. The van der Waals surface area contributed by atoms with Crippen LogP contribution >= 0.6 is 11.6 Å². The van der Waals surface area contributed by atoms with Crippen LogP contribution in [0.15, 0.2) is 85.1 Å². The molecule has 10 nitrogen and oxygen atoms in total. The minimum Gasteiger partial charge on any atom is -0.457 e. The normalized spacial score (nSPS) is 10.2. The van der Waals surface area contributed by atoms with Gasteiger partial charge in [-0.05, 0) is 66.7 Å². The van der Waals surface area contributed by atoms with Crippen molar-refractivity contribution in [2.75, 3.05) is 23.0 Å².